The molecule has 3 rings (SSSR count). The minimum absolute atomic E-state index is 0.0869. The van der Waals surface area contributed by atoms with Crippen LogP contribution >= 0.6 is 11.6 Å². The normalized spacial score (nSPS) is 22.3. The number of likely N-dealkylation sites (N-methyl/N-ethyl adjacent to an activating group) is 1. The maximum absolute atomic E-state index is 13.7. The lowest BCUT2D eigenvalue weighted by Crippen LogP contribution is -2.59. The van der Waals surface area contributed by atoms with Crippen LogP contribution in [-0.2, 0) is 28.7 Å². The predicted molar refractivity (Wildman–Crippen MR) is 176 cm³/mol. The highest BCUT2D eigenvalue weighted by Crippen LogP contribution is 2.53. The number of ether oxygens (including phenoxy) is 1. The number of likely N-dealkylation sites (tertiary alicyclic amines) is 1. The fourth-order valence-electron chi connectivity index (χ4n) is 5.61. The molecule has 1 heterocycles. The SMILES string of the molecule is CC(C)C(NC(=O)OC(C)(C)C(F)(F)F)C(=O)N1C[C@@H]2C(Cl)C2C1C(=O)NC(C)C(C)C(=O)NCC(=O)NC(C(=O)N(C)C)c1ccccc1. The lowest BCUT2D eigenvalue weighted by Gasteiger charge is -2.34. The van der Waals surface area contributed by atoms with Gasteiger partial charge in [0.15, 0.2) is 0 Å². The highest BCUT2D eigenvalue weighted by atomic mass is 35.5. The van der Waals surface area contributed by atoms with Crippen LogP contribution in [0.1, 0.15) is 53.1 Å². The number of carbonyl (C=O) groups is 6. The van der Waals surface area contributed by atoms with Crippen LogP contribution in [0.4, 0.5) is 18.0 Å². The number of amides is 6. The number of benzene rings is 1. The number of alkyl carbamates (subject to hydrolysis) is 1. The molecule has 0 aromatic heterocycles. The summed E-state index contributed by atoms with van der Waals surface area (Å²) in [5.41, 5.74) is -2.25. The van der Waals surface area contributed by atoms with Crippen LogP contribution in [0.3, 0.4) is 0 Å². The Bertz CT molecular complexity index is 1440. The Hall–Kier alpha value is -4.08. The van der Waals surface area contributed by atoms with Crippen molar-refractivity contribution >= 4 is 47.2 Å². The fraction of sp³-hybridized carbons (Fsp3) is 0.636. The van der Waals surface area contributed by atoms with Crippen LogP contribution in [0.25, 0.3) is 0 Å². The summed E-state index contributed by atoms with van der Waals surface area (Å²) >= 11 is 6.40. The second kappa shape index (κ2) is 15.9. The summed E-state index contributed by atoms with van der Waals surface area (Å²) in [6.07, 6.45) is -6.30. The molecule has 1 aliphatic heterocycles. The van der Waals surface area contributed by atoms with Gasteiger partial charge in [-0.2, -0.15) is 13.2 Å². The van der Waals surface area contributed by atoms with Crippen molar-refractivity contribution < 1.29 is 46.7 Å². The topological polar surface area (TPSA) is 166 Å². The van der Waals surface area contributed by atoms with Gasteiger partial charge in [-0.1, -0.05) is 51.1 Å². The van der Waals surface area contributed by atoms with Crippen LogP contribution in [0.5, 0.6) is 0 Å². The van der Waals surface area contributed by atoms with E-state index in [1.165, 1.54) is 16.7 Å². The van der Waals surface area contributed by atoms with Crippen molar-refractivity contribution in [2.75, 3.05) is 27.2 Å². The first-order valence-corrected chi connectivity index (χ1v) is 16.7. The minimum Gasteiger partial charge on any atom is -0.434 e. The van der Waals surface area contributed by atoms with Crippen molar-refractivity contribution in [3.8, 4) is 0 Å². The summed E-state index contributed by atoms with van der Waals surface area (Å²) in [6.45, 7) is 7.28. The zero-order valence-corrected chi connectivity index (χ0v) is 30.0. The number of alkyl halides is 4. The van der Waals surface area contributed by atoms with Gasteiger partial charge >= 0.3 is 12.3 Å². The molecule has 0 bridgehead atoms. The number of nitrogens with zero attached hydrogens (tertiary/aromatic N) is 2. The molecule has 17 heteroatoms. The standard InChI is InChI=1S/C33H46ClF3N6O7/c1-16(2)24(41-31(49)50-32(5,6)33(35,36)37)30(48)43-15-20-22(23(20)34)26(43)28(46)39-18(4)17(3)27(45)38-14-21(44)40-25(29(47)42(7)8)19-12-10-9-11-13-19/h9-13,16-18,20,22-26H,14-15H2,1-8H3,(H,38,45)(H,39,46)(H,40,44)(H,41,49)/t17?,18?,20-,22?,23?,24?,25?,26?/m0/s1. The van der Waals surface area contributed by atoms with E-state index in [1.54, 1.807) is 65.2 Å². The van der Waals surface area contributed by atoms with Gasteiger partial charge in [0, 0.05) is 38.0 Å². The molecule has 2 aliphatic rings. The molecule has 1 saturated heterocycles. The average Bonchev–Trinajstić information content (AvgIpc) is 3.45. The molecule has 8 atom stereocenters. The first kappa shape index (κ1) is 40.4. The van der Waals surface area contributed by atoms with Crippen LogP contribution in [0, 0.1) is 23.7 Å². The van der Waals surface area contributed by atoms with E-state index in [0.29, 0.717) is 19.4 Å². The largest absolute Gasteiger partial charge is 0.434 e. The van der Waals surface area contributed by atoms with E-state index in [4.69, 9.17) is 11.6 Å². The summed E-state index contributed by atoms with van der Waals surface area (Å²) < 4.78 is 44.4. The van der Waals surface area contributed by atoms with Crippen LogP contribution in [0.15, 0.2) is 30.3 Å². The quantitative estimate of drug-likeness (QED) is 0.226. The number of piperidine rings is 1. The molecule has 1 aromatic rings. The number of hydrogen-bond acceptors (Lipinski definition) is 7. The third-order valence-electron chi connectivity index (χ3n) is 9.11. The van der Waals surface area contributed by atoms with E-state index >= 15 is 0 Å². The van der Waals surface area contributed by atoms with Crippen molar-refractivity contribution in [2.45, 2.75) is 82.9 Å². The Morgan fingerprint density at radius 1 is 0.980 bits per heavy atom. The molecule has 1 aliphatic carbocycles. The minimum atomic E-state index is -4.86. The maximum atomic E-state index is 13.7. The number of nitrogens with one attached hydrogen (secondary N) is 4. The summed E-state index contributed by atoms with van der Waals surface area (Å²) in [7, 11) is 3.11. The first-order chi connectivity index (χ1) is 23.1. The molecule has 13 nitrogen and oxygen atoms in total. The van der Waals surface area contributed by atoms with E-state index < -0.39 is 95.3 Å². The van der Waals surface area contributed by atoms with E-state index in [1.807, 2.05) is 0 Å². The molecule has 1 aromatic carbocycles. The molecular formula is C33H46ClF3N6O7. The summed E-state index contributed by atoms with van der Waals surface area (Å²) in [4.78, 5) is 80.8. The second-order valence-electron chi connectivity index (χ2n) is 13.8. The molecular weight excluding hydrogens is 685 g/mol. The van der Waals surface area contributed by atoms with Crippen molar-refractivity contribution in [2.24, 2.45) is 23.7 Å². The lowest BCUT2D eigenvalue weighted by molar-refractivity contribution is -0.244. The molecule has 6 amide bonds. The Morgan fingerprint density at radius 3 is 2.12 bits per heavy atom. The number of fused-ring (bicyclic) bond motifs is 1. The van der Waals surface area contributed by atoms with E-state index in [0.717, 1.165) is 0 Å². The lowest BCUT2D eigenvalue weighted by atomic mass is 10.00. The average molecular weight is 731 g/mol. The highest BCUT2D eigenvalue weighted by molar-refractivity contribution is 6.23. The molecule has 0 spiro atoms. The summed E-state index contributed by atoms with van der Waals surface area (Å²) in [5.74, 6) is -4.88. The summed E-state index contributed by atoms with van der Waals surface area (Å²) in [6, 6.07) is 4.50. The van der Waals surface area contributed by atoms with E-state index in [-0.39, 0.29) is 18.4 Å². The van der Waals surface area contributed by atoms with Gasteiger partial charge in [0.2, 0.25) is 35.1 Å². The number of hydrogen-bond donors (Lipinski definition) is 4. The van der Waals surface area contributed by atoms with Gasteiger partial charge in [-0.15, -0.1) is 11.6 Å². The predicted octanol–water partition coefficient (Wildman–Crippen LogP) is 2.35. The van der Waals surface area contributed by atoms with Gasteiger partial charge in [0.05, 0.1) is 12.5 Å². The summed E-state index contributed by atoms with van der Waals surface area (Å²) in [5, 5.41) is 9.73. The smallest absolute Gasteiger partial charge is 0.427 e. The second-order valence-corrected chi connectivity index (χ2v) is 14.3. The number of rotatable bonds is 13. The molecule has 2 fully saturated rings. The van der Waals surface area contributed by atoms with Gasteiger partial charge in [-0.3, -0.25) is 24.0 Å². The third kappa shape index (κ3) is 9.37. The fourth-order valence-corrected chi connectivity index (χ4v) is 6.10. The van der Waals surface area contributed by atoms with Crippen molar-refractivity contribution in [3.63, 3.8) is 0 Å². The van der Waals surface area contributed by atoms with Crippen molar-refractivity contribution in [1.29, 1.82) is 0 Å². The van der Waals surface area contributed by atoms with Gasteiger partial charge in [0.25, 0.3) is 0 Å². The zero-order valence-electron chi connectivity index (χ0n) is 29.3. The Kier molecular flexibility index (Phi) is 12.8. The van der Waals surface area contributed by atoms with Gasteiger partial charge in [0.1, 0.15) is 18.1 Å². The van der Waals surface area contributed by atoms with E-state index in [9.17, 15) is 41.9 Å². The highest BCUT2D eigenvalue weighted by Gasteiger charge is 2.64. The Labute approximate surface area is 294 Å². The van der Waals surface area contributed by atoms with Crippen molar-refractivity contribution in [3.05, 3.63) is 35.9 Å². The van der Waals surface area contributed by atoms with Crippen LogP contribution in [0.2, 0.25) is 0 Å². The molecule has 50 heavy (non-hydrogen) atoms. The monoisotopic (exact) mass is 730 g/mol. The van der Waals surface area contributed by atoms with Crippen LogP contribution in [-0.4, -0.2) is 108 Å². The molecule has 278 valence electrons. The molecule has 1 saturated carbocycles. The van der Waals surface area contributed by atoms with Crippen LogP contribution < -0.4 is 21.3 Å². The number of halogens is 4. The first-order valence-electron chi connectivity index (χ1n) is 16.2. The molecule has 0 radical (unpaired) electrons. The zero-order chi connectivity index (χ0) is 37.9. The third-order valence-corrected chi connectivity index (χ3v) is 9.72. The Balaban J connectivity index is 1.62. The molecule has 7 unspecified atom stereocenters. The Morgan fingerprint density at radius 2 is 1.58 bits per heavy atom. The van der Waals surface area contributed by atoms with Gasteiger partial charge in [-0.25, -0.2) is 4.79 Å². The van der Waals surface area contributed by atoms with Gasteiger partial charge < -0.3 is 35.8 Å². The maximum Gasteiger partial charge on any atom is 0.427 e. The van der Waals surface area contributed by atoms with E-state index in [2.05, 4.69) is 26.0 Å². The molecule has 4 N–H and O–H groups in total. The van der Waals surface area contributed by atoms with Crippen molar-refractivity contribution in [1.82, 2.24) is 31.1 Å². The van der Waals surface area contributed by atoms with Gasteiger partial charge in [-0.05, 0) is 38.2 Å². The number of carbonyl (C=O) groups excluding carboxylic acids is 6.